The summed E-state index contributed by atoms with van der Waals surface area (Å²) in [7, 11) is -8.76. The van der Waals surface area contributed by atoms with E-state index in [0.29, 0.717) is 52.1 Å². The minimum absolute atomic E-state index is 0.0202. The van der Waals surface area contributed by atoms with Gasteiger partial charge in [-0.2, -0.15) is 8.42 Å². The molecule has 11 nitrogen and oxygen atoms in total. The number of hydrogen-bond donors (Lipinski definition) is 0. The van der Waals surface area contributed by atoms with Crippen molar-refractivity contribution in [1.82, 2.24) is 0 Å². The van der Waals surface area contributed by atoms with E-state index in [-0.39, 0.29) is 61.8 Å². The third-order valence-corrected chi connectivity index (χ3v) is 37.3. The molecule has 0 aliphatic heterocycles. The van der Waals surface area contributed by atoms with Gasteiger partial charge in [-0.1, -0.05) is 132 Å². The highest BCUT2D eigenvalue weighted by Gasteiger charge is 2.44. The van der Waals surface area contributed by atoms with Gasteiger partial charge in [0.1, 0.15) is 11.5 Å². The zero-order chi connectivity index (χ0) is 63.5. The van der Waals surface area contributed by atoms with Crippen LogP contribution in [0, 0.1) is 43.4 Å². The van der Waals surface area contributed by atoms with Crippen LogP contribution in [0.15, 0.2) is 77.7 Å². The van der Waals surface area contributed by atoms with Gasteiger partial charge in [0.15, 0.2) is 33.3 Å². The Morgan fingerprint density at radius 1 is 0.518 bits per heavy atom. The van der Waals surface area contributed by atoms with Gasteiger partial charge in [-0.3, -0.25) is 4.18 Å². The van der Waals surface area contributed by atoms with Crippen molar-refractivity contribution in [3.8, 4) is 36.2 Å². The summed E-state index contributed by atoms with van der Waals surface area (Å²) in [6.45, 7) is 51.3. The van der Waals surface area contributed by atoms with Crippen molar-refractivity contribution in [2.45, 2.75) is 251 Å². The number of rotatable bonds is 32. The van der Waals surface area contributed by atoms with E-state index in [1.54, 1.807) is 38.5 Å². The molecule has 0 saturated carbocycles. The second-order valence-electron chi connectivity index (χ2n) is 28.8. The van der Waals surface area contributed by atoms with Gasteiger partial charge >= 0.3 is 0 Å². The predicted molar refractivity (Wildman–Crippen MR) is 356 cm³/mol. The van der Waals surface area contributed by atoms with E-state index in [2.05, 4.69) is 166 Å². The molecule has 0 aliphatic rings. The Labute approximate surface area is 511 Å². The molecule has 83 heavy (non-hydrogen) atoms. The third kappa shape index (κ3) is 25.7. The van der Waals surface area contributed by atoms with Crippen LogP contribution in [0.3, 0.4) is 0 Å². The molecule has 0 heterocycles. The number of ether oxygens (including phenoxy) is 4. The maximum Gasteiger partial charge on any atom is 0.296 e. The van der Waals surface area contributed by atoms with E-state index in [4.69, 9.17) is 53.7 Å². The molecule has 0 unspecified atom stereocenters. The van der Waals surface area contributed by atoms with Crippen molar-refractivity contribution in [2.75, 3.05) is 34.0 Å². The first-order chi connectivity index (χ1) is 38.0. The number of methoxy groups -OCH3 is 2. The molecule has 3 aromatic rings. The third-order valence-electron chi connectivity index (χ3n) is 17.9. The Hall–Kier alpha value is -3.08. The predicted octanol–water partition coefficient (Wildman–Crippen LogP) is 17.6. The largest absolute Gasteiger partial charge is 0.497 e. The van der Waals surface area contributed by atoms with E-state index < -0.39 is 49.5 Å². The number of terminal acetylenes is 2. The van der Waals surface area contributed by atoms with Crippen LogP contribution in [-0.2, 0) is 54.7 Å². The molecule has 16 heteroatoms. The molecule has 3 rings (SSSR count). The van der Waals surface area contributed by atoms with Gasteiger partial charge in [-0.25, -0.2) is 0 Å². The monoisotopic (exact) mass is 1240 g/mol. The summed E-state index contributed by atoms with van der Waals surface area (Å²) in [5, 5.41) is 0.317. The molecule has 0 aliphatic carbocycles. The summed E-state index contributed by atoms with van der Waals surface area (Å²) in [6.07, 6.45) is 14.9. The Balaban J connectivity index is 0.000000588. The summed E-state index contributed by atoms with van der Waals surface area (Å²) in [5.74, 6) is 7.15. The smallest absolute Gasteiger partial charge is 0.296 e. The normalized spacial score (nSPS) is 15.4. The van der Waals surface area contributed by atoms with Gasteiger partial charge in [0, 0.05) is 32.0 Å². The van der Waals surface area contributed by atoms with Crippen molar-refractivity contribution in [1.29, 1.82) is 0 Å². The minimum Gasteiger partial charge on any atom is -0.497 e. The van der Waals surface area contributed by atoms with Crippen molar-refractivity contribution >= 4 is 43.4 Å². The maximum absolute atomic E-state index is 13.2. The molecule has 0 amide bonds. The standard InChI is InChI=1S/C37H60O7SSi2.C30H54O4Si2/c1-14-15-31(28-42-45(38,39)34-22-16-29(2)17-23-34)35(44-47(12,13)37(6,7)8)26-33(24-25-43-46(10,11)36(3,4)5)41-27-30-18-20-32(40-9)21-19-30;1-14-15-24(2)28(34-36(12,13)30(6,7)8)22-27(20-21-33-35(10,11)29(3,4)5)32-23-25-16-18-26(31-9)19-17-25/h1,16-23,31,33,35H,15,24-28H2,2-13H3;1,16-19,24,27-28H,15,20-23H2,2-13H3/t31-,33+,35-;24-,27-,28+/m01/s1. The highest BCUT2D eigenvalue weighted by atomic mass is 32.2. The fourth-order valence-electron chi connectivity index (χ4n) is 7.81. The van der Waals surface area contributed by atoms with Crippen LogP contribution in [0.2, 0.25) is 72.5 Å². The SMILES string of the molecule is C#CC[C@@H](C)[C@H](C[C@@H](CCO[Si](C)(C)C(C)(C)C)OCc1ccc(OC)cc1)O[Si](C)(C)C(C)(C)C.C#CC[C@@H](COS(=O)(=O)c1ccc(C)cc1)[C@H](C[C@@H](CCO[Si](C)(C)C(C)(C)C)OCc1ccc(OC)cc1)O[Si](C)(C)C(C)(C)C. The van der Waals surface area contributed by atoms with Gasteiger partial charge in [-0.05, 0) is 159 Å². The summed E-state index contributed by atoms with van der Waals surface area (Å²) in [5.41, 5.74) is 3.12. The van der Waals surface area contributed by atoms with Crippen molar-refractivity contribution in [3.05, 3.63) is 89.5 Å². The molecule has 6 atom stereocenters. The molecule has 0 radical (unpaired) electrons. The van der Waals surface area contributed by atoms with Gasteiger partial charge in [0.25, 0.3) is 10.1 Å². The topological polar surface area (TPSA) is 117 Å². The van der Waals surface area contributed by atoms with Crippen LogP contribution >= 0.6 is 0 Å². The first-order valence-electron chi connectivity index (χ1n) is 30.0. The van der Waals surface area contributed by atoms with Gasteiger partial charge < -0.3 is 36.7 Å². The highest BCUT2D eigenvalue weighted by molar-refractivity contribution is 7.86. The van der Waals surface area contributed by atoms with E-state index in [1.165, 1.54) is 0 Å². The van der Waals surface area contributed by atoms with Crippen molar-refractivity contribution in [3.63, 3.8) is 0 Å². The molecule has 0 aromatic heterocycles. The second-order valence-corrected chi connectivity index (χ2v) is 49.5. The first kappa shape index (κ1) is 76.0. The molecule has 470 valence electrons. The molecule has 0 N–H and O–H groups in total. The average Bonchev–Trinajstić information content (AvgIpc) is 3.53. The number of benzene rings is 3. The second kappa shape index (κ2) is 32.8. The minimum atomic E-state index is -3.99. The number of aryl methyl sites for hydroxylation is 1. The van der Waals surface area contributed by atoms with Crippen LogP contribution in [0.4, 0.5) is 0 Å². The lowest BCUT2D eigenvalue weighted by molar-refractivity contribution is -0.0217. The Bertz CT molecular complexity index is 2540. The quantitative estimate of drug-likeness (QED) is 0.0338. The van der Waals surface area contributed by atoms with E-state index in [0.717, 1.165) is 41.0 Å². The average molecular weight is 1240 g/mol. The van der Waals surface area contributed by atoms with E-state index in [9.17, 15) is 8.42 Å². The Morgan fingerprint density at radius 2 is 0.880 bits per heavy atom. The first-order valence-corrected chi connectivity index (χ1v) is 43.0. The zero-order valence-electron chi connectivity index (χ0n) is 56.2. The lowest BCUT2D eigenvalue weighted by Gasteiger charge is -2.42. The summed E-state index contributed by atoms with van der Waals surface area (Å²) in [6, 6.07) is 22.6. The van der Waals surface area contributed by atoms with Crippen LogP contribution < -0.4 is 9.47 Å². The van der Waals surface area contributed by atoms with Crippen molar-refractivity contribution < 1.29 is 49.3 Å². The maximum atomic E-state index is 13.2. The summed E-state index contributed by atoms with van der Waals surface area (Å²) < 4.78 is 83.0. The van der Waals surface area contributed by atoms with Gasteiger partial charge in [-0.15, -0.1) is 24.7 Å². The van der Waals surface area contributed by atoms with Gasteiger partial charge in [0.05, 0.1) is 63.4 Å². The highest BCUT2D eigenvalue weighted by Crippen LogP contribution is 2.42. The molecule has 0 saturated heterocycles. The van der Waals surface area contributed by atoms with Crippen LogP contribution in [0.5, 0.6) is 11.5 Å². The molecule has 0 spiro atoms. The molecular weight excluding hydrogens is 1130 g/mol. The molecular formula is C67H114O11SSi4. The summed E-state index contributed by atoms with van der Waals surface area (Å²) in [4.78, 5) is 0.118. The van der Waals surface area contributed by atoms with Crippen LogP contribution in [0.25, 0.3) is 0 Å². The van der Waals surface area contributed by atoms with E-state index >= 15 is 0 Å². The van der Waals surface area contributed by atoms with Crippen LogP contribution in [0.1, 0.15) is 145 Å². The lowest BCUT2D eigenvalue weighted by atomic mass is 9.94. The summed E-state index contributed by atoms with van der Waals surface area (Å²) >= 11 is 0. The fourth-order valence-corrected chi connectivity index (χ4v) is 13.7. The number of hydrogen-bond acceptors (Lipinski definition) is 11. The molecule has 0 bridgehead atoms. The lowest BCUT2D eigenvalue weighted by Crippen LogP contribution is -2.47. The van der Waals surface area contributed by atoms with E-state index in [1.807, 2.05) is 43.3 Å². The molecule has 0 fully saturated rings. The fraction of sp³-hybridized carbons (Fsp3) is 0.672. The van der Waals surface area contributed by atoms with Gasteiger partial charge in [0.2, 0.25) is 0 Å². The van der Waals surface area contributed by atoms with Crippen molar-refractivity contribution in [2.24, 2.45) is 11.8 Å². The molecule has 3 aromatic carbocycles. The Kier molecular flexibility index (Phi) is 30.0. The zero-order valence-corrected chi connectivity index (χ0v) is 61.0. The Morgan fingerprint density at radius 3 is 1.23 bits per heavy atom. The van der Waals surface area contributed by atoms with Crippen LogP contribution in [-0.4, -0.2) is 100 Å².